The number of carbonyl (C=O) groups is 1. The normalized spacial score (nSPS) is 18.4. The van der Waals surface area contributed by atoms with Gasteiger partial charge in [-0.1, -0.05) is 6.92 Å². The van der Waals surface area contributed by atoms with E-state index >= 15 is 0 Å². The minimum atomic E-state index is -0.131. The van der Waals surface area contributed by atoms with E-state index in [0.717, 1.165) is 32.6 Å². The summed E-state index contributed by atoms with van der Waals surface area (Å²) < 4.78 is 21.7. The van der Waals surface area contributed by atoms with Crippen molar-refractivity contribution in [3.63, 3.8) is 0 Å². The molecule has 2 aromatic rings. The van der Waals surface area contributed by atoms with E-state index in [1.165, 1.54) is 6.26 Å². The zero-order valence-electron chi connectivity index (χ0n) is 16.2. The van der Waals surface area contributed by atoms with Crippen molar-refractivity contribution >= 4 is 5.91 Å². The second kappa shape index (κ2) is 8.10. The molecule has 1 amide bonds. The second-order valence-electron chi connectivity index (χ2n) is 7.16. The van der Waals surface area contributed by atoms with Crippen LogP contribution >= 0.6 is 0 Å². The van der Waals surface area contributed by atoms with Crippen LogP contribution in [-0.2, 0) is 6.61 Å². The van der Waals surface area contributed by atoms with Gasteiger partial charge in [-0.05, 0) is 37.6 Å². The maximum atomic E-state index is 12.6. The molecule has 0 spiro atoms. The molecule has 0 bridgehead atoms. The summed E-state index contributed by atoms with van der Waals surface area (Å²) in [4.78, 5) is 21.0. The highest BCUT2D eigenvalue weighted by Crippen LogP contribution is 2.35. The highest BCUT2D eigenvalue weighted by molar-refractivity contribution is 5.91. The van der Waals surface area contributed by atoms with Crippen LogP contribution in [0.25, 0.3) is 0 Å². The van der Waals surface area contributed by atoms with Crippen LogP contribution < -0.4 is 14.2 Å². The first-order valence-electron chi connectivity index (χ1n) is 9.57. The molecule has 1 aromatic carbocycles. The molecule has 0 unspecified atom stereocenters. The first kappa shape index (κ1) is 18.6. The van der Waals surface area contributed by atoms with Crippen LogP contribution in [-0.4, -0.2) is 60.7 Å². The Balaban J connectivity index is 1.30. The summed E-state index contributed by atoms with van der Waals surface area (Å²) in [6, 6.07) is 5.34. The molecule has 8 nitrogen and oxygen atoms in total. The Morgan fingerprint density at radius 1 is 1.36 bits per heavy atom. The smallest absolute Gasteiger partial charge is 0.275 e. The van der Waals surface area contributed by atoms with Gasteiger partial charge in [0.2, 0.25) is 12.7 Å². The SMILES string of the molecule is CCN1CC[C@H](CN(C)C(=O)c2coc(COc3ccc4c(c3)OCO4)n2)C1. The molecule has 3 heterocycles. The fraction of sp³-hybridized carbons (Fsp3) is 0.500. The molecule has 2 aliphatic heterocycles. The lowest BCUT2D eigenvalue weighted by atomic mass is 10.1. The molecule has 0 aliphatic carbocycles. The van der Waals surface area contributed by atoms with Gasteiger partial charge in [0, 0.05) is 26.2 Å². The molecule has 28 heavy (non-hydrogen) atoms. The molecule has 1 aromatic heterocycles. The average Bonchev–Trinajstić information content (AvgIpc) is 3.45. The minimum absolute atomic E-state index is 0.130. The lowest BCUT2D eigenvalue weighted by molar-refractivity contribution is 0.0767. The molecule has 150 valence electrons. The second-order valence-corrected chi connectivity index (χ2v) is 7.16. The molecular formula is C20H25N3O5. The van der Waals surface area contributed by atoms with E-state index < -0.39 is 0 Å². The van der Waals surface area contributed by atoms with Gasteiger partial charge in [0.15, 0.2) is 23.8 Å². The van der Waals surface area contributed by atoms with Gasteiger partial charge in [0.25, 0.3) is 5.91 Å². The van der Waals surface area contributed by atoms with Gasteiger partial charge < -0.3 is 28.4 Å². The summed E-state index contributed by atoms with van der Waals surface area (Å²) in [5, 5.41) is 0. The van der Waals surface area contributed by atoms with Gasteiger partial charge in [-0.25, -0.2) is 4.98 Å². The zero-order chi connectivity index (χ0) is 19.5. The summed E-state index contributed by atoms with van der Waals surface area (Å²) in [6.45, 7) is 6.45. The average molecular weight is 387 g/mol. The molecule has 0 saturated carbocycles. The lowest BCUT2D eigenvalue weighted by Crippen LogP contribution is -2.33. The number of carbonyl (C=O) groups excluding carboxylic acids is 1. The van der Waals surface area contributed by atoms with Crippen molar-refractivity contribution < 1.29 is 23.4 Å². The third kappa shape index (κ3) is 4.06. The molecule has 0 N–H and O–H groups in total. The highest BCUT2D eigenvalue weighted by atomic mass is 16.7. The van der Waals surface area contributed by atoms with Crippen LogP contribution in [0.5, 0.6) is 17.2 Å². The summed E-state index contributed by atoms with van der Waals surface area (Å²) in [5.74, 6) is 2.70. The van der Waals surface area contributed by atoms with Crippen molar-refractivity contribution in [2.75, 3.05) is 40.0 Å². The Labute approximate surface area is 164 Å². The van der Waals surface area contributed by atoms with Gasteiger partial charge >= 0.3 is 0 Å². The fourth-order valence-corrected chi connectivity index (χ4v) is 3.60. The number of benzene rings is 1. The molecule has 1 fully saturated rings. The number of amides is 1. The Bertz CT molecular complexity index is 837. The van der Waals surface area contributed by atoms with Crippen LogP contribution in [0, 0.1) is 5.92 Å². The van der Waals surface area contributed by atoms with Crippen molar-refractivity contribution in [2.24, 2.45) is 5.92 Å². The molecule has 8 heteroatoms. The van der Waals surface area contributed by atoms with E-state index in [1.54, 1.807) is 23.1 Å². The van der Waals surface area contributed by atoms with Gasteiger partial charge in [0.05, 0.1) is 0 Å². The number of hydrogen-bond donors (Lipinski definition) is 0. The molecule has 1 saturated heterocycles. The standard InChI is InChI=1S/C20H25N3O5/c1-3-23-7-6-14(10-23)9-22(2)20(24)16-11-26-19(21-16)12-25-15-4-5-17-18(8-15)28-13-27-17/h4-5,8,11,14H,3,6-7,9-10,12-13H2,1-2H3/t14-/m1/s1. The quantitative estimate of drug-likeness (QED) is 0.722. The van der Waals surface area contributed by atoms with Crippen LogP contribution in [0.1, 0.15) is 29.7 Å². The number of oxazole rings is 1. The first-order chi connectivity index (χ1) is 13.6. The van der Waals surface area contributed by atoms with E-state index in [0.29, 0.717) is 34.8 Å². The van der Waals surface area contributed by atoms with E-state index in [-0.39, 0.29) is 19.3 Å². The monoisotopic (exact) mass is 387 g/mol. The Kier molecular flexibility index (Phi) is 5.38. The van der Waals surface area contributed by atoms with Crippen LogP contribution in [0.2, 0.25) is 0 Å². The number of ether oxygens (including phenoxy) is 3. The van der Waals surface area contributed by atoms with Crippen molar-refractivity contribution in [3.8, 4) is 17.2 Å². The third-order valence-corrected chi connectivity index (χ3v) is 5.17. The fourth-order valence-electron chi connectivity index (χ4n) is 3.60. The Morgan fingerprint density at radius 2 is 2.21 bits per heavy atom. The van der Waals surface area contributed by atoms with Gasteiger partial charge in [-0.2, -0.15) is 0 Å². The maximum Gasteiger partial charge on any atom is 0.275 e. The largest absolute Gasteiger partial charge is 0.484 e. The number of likely N-dealkylation sites (tertiary alicyclic amines) is 1. The number of hydrogen-bond acceptors (Lipinski definition) is 7. The summed E-state index contributed by atoms with van der Waals surface area (Å²) in [5.41, 5.74) is 0.303. The predicted octanol–water partition coefficient (Wildman–Crippen LogP) is 2.40. The van der Waals surface area contributed by atoms with Crippen molar-refractivity contribution in [1.82, 2.24) is 14.8 Å². The van der Waals surface area contributed by atoms with E-state index in [9.17, 15) is 4.79 Å². The van der Waals surface area contributed by atoms with E-state index in [4.69, 9.17) is 18.6 Å². The minimum Gasteiger partial charge on any atom is -0.484 e. The number of fused-ring (bicyclic) bond motifs is 1. The lowest BCUT2D eigenvalue weighted by Gasteiger charge is -2.20. The van der Waals surface area contributed by atoms with Crippen molar-refractivity contribution in [3.05, 3.63) is 36.0 Å². The van der Waals surface area contributed by atoms with Gasteiger partial charge in [0.1, 0.15) is 12.0 Å². The molecular weight excluding hydrogens is 362 g/mol. The first-order valence-corrected chi connectivity index (χ1v) is 9.57. The Morgan fingerprint density at radius 3 is 3.04 bits per heavy atom. The number of aromatic nitrogens is 1. The number of rotatable bonds is 7. The topological polar surface area (TPSA) is 77.3 Å². The number of nitrogens with zero attached hydrogens (tertiary/aromatic N) is 3. The third-order valence-electron chi connectivity index (χ3n) is 5.17. The van der Waals surface area contributed by atoms with Gasteiger partial charge in [-0.3, -0.25) is 4.79 Å². The van der Waals surface area contributed by atoms with Crippen LogP contribution in [0.15, 0.2) is 28.9 Å². The van der Waals surface area contributed by atoms with E-state index in [2.05, 4.69) is 16.8 Å². The summed E-state index contributed by atoms with van der Waals surface area (Å²) in [6.07, 6.45) is 2.52. The van der Waals surface area contributed by atoms with Crippen molar-refractivity contribution in [2.45, 2.75) is 20.0 Å². The van der Waals surface area contributed by atoms with Crippen LogP contribution in [0.4, 0.5) is 0 Å². The molecule has 1 atom stereocenters. The van der Waals surface area contributed by atoms with Crippen molar-refractivity contribution in [1.29, 1.82) is 0 Å². The highest BCUT2D eigenvalue weighted by Gasteiger charge is 2.25. The Hall–Kier alpha value is -2.74. The predicted molar refractivity (Wildman–Crippen MR) is 101 cm³/mol. The van der Waals surface area contributed by atoms with E-state index in [1.807, 2.05) is 7.05 Å². The van der Waals surface area contributed by atoms with Crippen LogP contribution in [0.3, 0.4) is 0 Å². The summed E-state index contributed by atoms with van der Waals surface area (Å²) in [7, 11) is 1.81. The zero-order valence-corrected chi connectivity index (χ0v) is 16.2. The summed E-state index contributed by atoms with van der Waals surface area (Å²) >= 11 is 0. The molecule has 4 rings (SSSR count). The van der Waals surface area contributed by atoms with Gasteiger partial charge in [-0.15, -0.1) is 0 Å². The maximum absolute atomic E-state index is 12.6. The molecule has 0 radical (unpaired) electrons. The molecule has 2 aliphatic rings.